The maximum absolute atomic E-state index is 12.9. The molecule has 0 radical (unpaired) electrons. The third-order valence-corrected chi connectivity index (χ3v) is 6.01. The Kier molecular flexibility index (Phi) is 7.26. The van der Waals surface area contributed by atoms with Gasteiger partial charge in [0, 0.05) is 19.0 Å². The van der Waals surface area contributed by atoms with Crippen LogP contribution in [0.15, 0.2) is 18.2 Å². The van der Waals surface area contributed by atoms with Gasteiger partial charge in [-0.15, -0.1) is 0 Å². The van der Waals surface area contributed by atoms with Gasteiger partial charge in [0.15, 0.2) is 0 Å². The van der Waals surface area contributed by atoms with Crippen molar-refractivity contribution in [3.05, 3.63) is 28.8 Å². The Bertz CT molecular complexity index is 776. The average molecular weight is 448 g/mol. The molecule has 1 unspecified atom stereocenters. The molecule has 2 heterocycles. The van der Waals surface area contributed by atoms with Gasteiger partial charge < -0.3 is 15.0 Å². The molecule has 0 aliphatic carbocycles. The third kappa shape index (κ3) is 5.44. The lowest BCUT2D eigenvalue weighted by molar-refractivity contribution is -0.141. The van der Waals surface area contributed by atoms with E-state index in [4.69, 9.17) is 16.3 Å². The summed E-state index contributed by atoms with van der Waals surface area (Å²) >= 11 is 5.96. The van der Waals surface area contributed by atoms with Crippen LogP contribution >= 0.6 is 11.6 Å². The van der Waals surface area contributed by atoms with Gasteiger partial charge >= 0.3 is 6.18 Å². The first-order valence-corrected chi connectivity index (χ1v) is 10.3. The number of piperidine rings is 1. The highest BCUT2D eigenvalue weighted by molar-refractivity contribution is 6.33. The van der Waals surface area contributed by atoms with Crippen LogP contribution in [0.2, 0.25) is 5.02 Å². The largest absolute Gasteiger partial charge is 0.416 e. The maximum Gasteiger partial charge on any atom is 0.416 e. The molecule has 10 heteroatoms. The Labute approximate surface area is 178 Å². The molecule has 2 aliphatic rings. The lowest BCUT2D eigenvalue weighted by Crippen LogP contribution is -2.50. The number of nitrogens with zero attached hydrogens (tertiary/aromatic N) is 2. The Morgan fingerprint density at radius 3 is 2.40 bits per heavy atom. The van der Waals surface area contributed by atoms with Gasteiger partial charge in [0.05, 0.1) is 35.5 Å². The van der Waals surface area contributed by atoms with Crippen LogP contribution < -0.4 is 5.32 Å². The fourth-order valence-electron chi connectivity index (χ4n) is 3.78. The summed E-state index contributed by atoms with van der Waals surface area (Å²) in [5, 5.41) is 2.54. The van der Waals surface area contributed by atoms with Crippen molar-refractivity contribution in [1.82, 2.24) is 9.80 Å². The molecule has 0 saturated carbocycles. The summed E-state index contributed by atoms with van der Waals surface area (Å²) in [6.45, 7) is 5.14. The fraction of sp³-hybridized carbons (Fsp3) is 0.600. The average Bonchev–Trinajstić information content (AvgIpc) is 2.74. The van der Waals surface area contributed by atoms with Crippen molar-refractivity contribution in [1.29, 1.82) is 0 Å². The second-order valence-electron chi connectivity index (χ2n) is 7.61. The highest BCUT2D eigenvalue weighted by Crippen LogP contribution is 2.34. The second kappa shape index (κ2) is 9.53. The molecular formula is C20H25ClF3N3O3. The van der Waals surface area contributed by atoms with E-state index >= 15 is 0 Å². The molecule has 2 aliphatic heterocycles. The molecule has 1 aromatic carbocycles. The molecule has 2 amide bonds. The first-order valence-electron chi connectivity index (χ1n) is 9.95. The van der Waals surface area contributed by atoms with E-state index in [1.54, 1.807) is 6.92 Å². The number of anilines is 1. The molecule has 2 fully saturated rings. The lowest BCUT2D eigenvalue weighted by Gasteiger charge is -2.37. The van der Waals surface area contributed by atoms with Crippen LogP contribution in [0.4, 0.5) is 18.9 Å². The van der Waals surface area contributed by atoms with Gasteiger partial charge in [0.25, 0.3) is 0 Å². The normalized spacial score (nSPS) is 20.1. The molecule has 2 saturated heterocycles. The van der Waals surface area contributed by atoms with Crippen molar-refractivity contribution in [3.63, 3.8) is 0 Å². The number of benzene rings is 1. The molecule has 166 valence electrons. The lowest BCUT2D eigenvalue weighted by atomic mass is 9.94. The molecule has 0 aromatic heterocycles. The van der Waals surface area contributed by atoms with Crippen LogP contribution in [-0.2, 0) is 20.5 Å². The first-order chi connectivity index (χ1) is 14.2. The standard InChI is InChI=1S/C20H25ClF3N3O3/c1-13(18(28)25-17-12-15(20(22,23)24)2-3-16(17)21)26-6-4-14(5-7-26)19(29)27-8-10-30-11-9-27/h2-3,12-14H,4-11H2,1H3,(H,25,28). The number of ether oxygens (including phenoxy) is 1. The minimum atomic E-state index is -4.52. The predicted molar refractivity (Wildman–Crippen MR) is 106 cm³/mol. The van der Waals surface area contributed by atoms with Crippen molar-refractivity contribution in [3.8, 4) is 0 Å². The van der Waals surface area contributed by atoms with Gasteiger partial charge in [-0.2, -0.15) is 13.2 Å². The van der Waals surface area contributed by atoms with Gasteiger partial charge in [0.2, 0.25) is 11.8 Å². The zero-order valence-electron chi connectivity index (χ0n) is 16.7. The van der Waals surface area contributed by atoms with Gasteiger partial charge in [-0.05, 0) is 51.1 Å². The number of carbonyl (C=O) groups excluding carboxylic acids is 2. The number of hydrogen-bond acceptors (Lipinski definition) is 4. The van der Waals surface area contributed by atoms with Gasteiger partial charge in [-0.1, -0.05) is 11.6 Å². The second-order valence-corrected chi connectivity index (χ2v) is 8.01. The third-order valence-electron chi connectivity index (χ3n) is 5.68. The van der Waals surface area contributed by atoms with Gasteiger partial charge in [0.1, 0.15) is 0 Å². The Morgan fingerprint density at radius 2 is 1.80 bits per heavy atom. The summed E-state index contributed by atoms with van der Waals surface area (Å²) in [6.07, 6.45) is -3.25. The summed E-state index contributed by atoms with van der Waals surface area (Å²) in [5.74, 6) is -0.382. The van der Waals surface area contributed by atoms with Crippen LogP contribution in [0, 0.1) is 5.92 Å². The zero-order chi connectivity index (χ0) is 21.9. The molecule has 3 rings (SSSR count). The zero-order valence-corrected chi connectivity index (χ0v) is 17.4. The minimum absolute atomic E-state index is 0.0402. The van der Waals surface area contributed by atoms with E-state index < -0.39 is 23.7 Å². The quantitative estimate of drug-likeness (QED) is 0.769. The van der Waals surface area contributed by atoms with Crippen LogP contribution in [-0.4, -0.2) is 67.0 Å². The van der Waals surface area contributed by atoms with Crippen LogP contribution in [0.25, 0.3) is 0 Å². The number of nitrogens with one attached hydrogen (secondary N) is 1. The van der Waals surface area contributed by atoms with E-state index in [9.17, 15) is 22.8 Å². The number of halogens is 4. The molecule has 6 nitrogen and oxygen atoms in total. The molecular weight excluding hydrogens is 423 g/mol. The number of likely N-dealkylation sites (tertiary alicyclic amines) is 1. The maximum atomic E-state index is 12.9. The number of amides is 2. The fourth-order valence-corrected chi connectivity index (χ4v) is 3.94. The number of hydrogen-bond donors (Lipinski definition) is 1. The Morgan fingerprint density at radius 1 is 1.17 bits per heavy atom. The Balaban J connectivity index is 1.55. The van der Waals surface area contributed by atoms with E-state index in [0.29, 0.717) is 52.2 Å². The number of alkyl halides is 3. The summed E-state index contributed by atoms with van der Waals surface area (Å²) in [5.41, 5.74) is -0.946. The number of morpholine rings is 1. The van der Waals surface area contributed by atoms with E-state index in [0.717, 1.165) is 18.2 Å². The van der Waals surface area contributed by atoms with E-state index in [1.807, 2.05) is 9.80 Å². The van der Waals surface area contributed by atoms with Gasteiger partial charge in [-0.25, -0.2) is 0 Å². The highest BCUT2D eigenvalue weighted by Gasteiger charge is 2.33. The topological polar surface area (TPSA) is 61.9 Å². The molecule has 30 heavy (non-hydrogen) atoms. The van der Waals surface area contributed by atoms with Crippen LogP contribution in [0.1, 0.15) is 25.3 Å². The van der Waals surface area contributed by atoms with Crippen molar-refractivity contribution in [2.24, 2.45) is 5.92 Å². The van der Waals surface area contributed by atoms with Crippen molar-refractivity contribution < 1.29 is 27.5 Å². The van der Waals surface area contributed by atoms with Crippen molar-refractivity contribution in [2.75, 3.05) is 44.7 Å². The number of carbonyl (C=O) groups is 2. The van der Waals surface area contributed by atoms with Crippen LogP contribution in [0.3, 0.4) is 0 Å². The monoisotopic (exact) mass is 447 g/mol. The van der Waals surface area contributed by atoms with E-state index in [-0.39, 0.29) is 22.5 Å². The Hall–Kier alpha value is -1.84. The van der Waals surface area contributed by atoms with E-state index in [2.05, 4.69) is 5.32 Å². The van der Waals surface area contributed by atoms with Crippen LogP contribution in [0.5, 0.6) is 0 Å². The molecule has 1 aromatic rings. The predicted octanol–water partition coefficient (Wildman–Crippen LogP) is 3.26. The molecule has 0 bridgehead atoms. The van der Waals surface area contributed by atoms with Gasteiger partial charge in [-0.3, -0.25) is 14.5 Å². The molecule has 1 N–H and O–H groups in total. The molecule has 1 atom stereocenters. The SMILES string of the molecule is CC(C(=O)Nc1cc(C(F)(F)F)ccc1Cl)N1CCC(C(=O)N2CCOCC2)CC1. The van der Waals surface area contributed by atoms with Crippen molar-refractivity contribution in [2.45, 2.75) is 32.0 Å². The summed E-state index contributed by atoms with van der Waals surface area (Å²) in [6, 6.07) is 2.26. The summed E-state index contributed by atoms with van der Waals surface area (Å²) in [7, 11) is 0. The first kappa shape index (κ1) is 22.8. The summed E-state index contributed by atoms with van der Waals surface area (Å²) < 4.78 is 44.0. The van der Waals surface area contributed by atoms with E-state index in [1.165, 1.54) is 0 Å². The summed E-state index contributed by atoms with van der Waals surface area (Å²) in [4.78, 5) is 29.0. The molecule has 0 spiro atoms. The van der Waals surface area contributed by atoms with Crippen molar-refractivity contribution >= 4 is 29.1 Å². The minimum Gasteiger partial charge on any atom is -0.378 e. The smallest absolute Gasteiger partial charge is 0.378 e. The number of rotatable bonds is 4. The highest BCUT2D eigenvalue weighted by atomic mass is 35.5.